The van der Waals surface area contributed by atoms with Crippen LogP contribution in [0.2, 0.25) is 0 Å². The van der Waals surface area contributed by atoms with Crippen molar-refractivity contribution in [2.45, 2.75) is 0 Å². The van der Waals surface area contributed by atoms with Gasteiger partial charge in [-0.1, -0.05) is 24.3 Å². The highest BCUT2D eigenvalue weighted by atomic mass is 19.1. The summed E-state index contributed by atoms with van der Waals surface area (Å²) in [4.78, 5) is 0. The number of halogens is 1. The van der Waals surface area contributed by atoms with E-state index in [4.69, 9.17) is 0 Å². The van der Waals surface area contributed by atoms with Gasteiger partial charge in [-0.05, 0) is 17.7 Å². The third-order valence-corrected chi connectivity index (χ3v) is 1.39. The number of ether oxygens (including phenoxy) is 1. The van der Waals surface area contributed by atoms with Gasteiger partial charge in [0.25, 0.3) is 0 Å². The summed E-state index contributed by atoms with van der Waals surface area (Å²) < 4.78 is 17.0. The largest absolute Gasteiger partial charge is 0.375 e. The third-order valence-electron chi connectivity index (χ3n) is 1.39. The highest BCUT2D eigenvalue weighted by Crippen LogP contribution is 2.04. The van der Waals surface area contributed by atoms with E-state index in [1.165, 1.54) is 12.1 Å². The van der Waals surface area contributed by atoms with Gasteiger partial charge in [0.15, 0.2) is 0 Å². The van der Waals surface area contributed by atoms with Crippen LogP contribution in [0.4, 0.5) is 4.39 Å². The van der Waals surface area contributed by atoms with Crippen LogP contribution < -0.4 is 0 Å². The van der Waals surface area contributed by atoms with E-state index in [-0.39, 0.29) is 5.82 Å². The van der Waals surface area contributed by atoms with Crippen molar-refractivity contribution in [3.63, 3.8) is 0 Å². The summed E-state index contributed by atoms with van der Waals surface area (Å²) in [6, 6.07) is 6.25. The van der Waals surface area contributed by atoms with Crippen molar-refractivity contribution < 1.29 is 9.13 Å². The predicted molar refractivity (Wildman–Crippen MR) is 46.7 cm³/mol. The molecule has 0 unspecified atom stereocenters. The van der Waals surface area contributed by atoms with Crippen LogP contribution >= 0.6 is 0 Å². The molecule has 0 heterocycles. The Bertz CT molecular complexity index is 251. The Morgan fingerprint density at radius 2 is 2.00 bits per heavy atom. The summed E-state index contributed by atoms with van der Waals surface area (Å²) in [5, 5.41) is 0. The monoisotopic (exact) mass is 165 g/mol. The van der Waals surface area contributed by atoms with E-state index < -0.39 is 0 Å². The van der Waals surface area contributed by atoms with Crippen molar-refractivity contribution in [2.75, 3.05) is 6.61 Å². The molecule has 1 radical (unpaired) electrons. The molecular formula is C10H10FO. The summed E-state index contributed by atoms with van der Waals surface area (Å²) in [7, 11) is 3.22. The van der Waals surface area contributed by atoms with Gasteiger partial charge in [-0.25, -0.2) is 4.39 Å². The van der Waals surface area contributed by atoms with Crippen LogP contribution in [-0.4, -0.2) is 6.61 Å². The van der Waals surface area contributed by atoms with Crippen LogP contribution in [0.5, 0.6) is 0 Å². The maximum Gasteiger partial charge on any atom is 0.123 e. The molecule has 0 saturated carbocycles. The molecule has 0 saturated heterocycles. The SMILES string of the molecule is [CH2]OC/C=C/c1ccc(F)cc1. The van der Waals surface area contributed by atoms with E-state index in [9.17, 15) is 4.39 Å². The number of benzene rings is 1. The van der Waals surface area contributed by atoms with Gasteiger partial charge in [-0.3, -0.25) is 0 Å². The molecule has 0 fully saturated rings. The number of rotatable bonds is 3. The highest BCUT2D eigenvalue weighted by Gasteiger charge is 1.87. The first-order valence-corrected chi connectivity index (χ1v) is 3.62. The van der Waals surface area contributed by atoms with Gasteiger partial charge in [0.1, 0.15) is 5.82 Å². The van der Waals surface area contributed by atoms with E-state index in [0.29, 0.717) is 6.61 Å². The second kappa shape index (κ2) is 4.67. The van der Waals surface area contributed by atoms with Crippen molar-refractivity contribution in [2.24, 2.45) is 0 Å². The van der Waals surface area contributed by atoms with Gasteiger partial charge < -0.3 is 4.74 Å². The fourth-order valence-corrected chi connectivity index (χ4v) is 0.826. The Hall–Kier alpha value is -1.15. The number of hydrogen-bond acceptors (Lipinski definition) is 1. The maximum absolute atomic E-state index is 12.4. The summed E-state index contributed by atoms with van der Waals surface area (Å²) in [5.74, 6) is -0.222. The smallest absolute Gasteiger partial charge is 0.123 e. The lowest BCUT2D eigenvalue weighted by Crippen LogP contribution is -1.78. The minimum absolute atomic E-state index is 0.222. The molecule has 0 N–H and O–H groups in total. The number of hydrogen-bond donors (Lipinski definition) is 0. The van der Waals surface area contributed by atoms with E-state index in [2.05, 4.69) is 11.8 Å². The van der Waals surface area contributed by atoms with Crippen LogP contribution in [0.3, 0.4) is 0 Å². The third kappa shape index (κ3) is 2.84. The maximum atomic E-state index is 12.4. The molecule has 1 nitrogen and oxygen atoms in total. The molecule has 2 heteroatoms. The first-order valence-electron chi connectivity index (χ1n) is 3.62. The molecule has 1 aromatic rings. The first-order chi connectivity index (χ1) is 5.83. The molecule has 1 aromatic carbocycles. The Balaban J connectivity index is 2.58. The molecule has 0 spiro atoms. The Morgan fingerprint density at radius 3 is 2.58 bits per heavy atom. The van der Waals surface area contributed by atoms with Crippen LogP contribution in [0, 0.1) is 12.9 Å². The summed E-state index contributed by atoms with van der Waals surface area (Å²) in [5.41, 5.74) is 0.952. The van der Waals surface area contributed by atoms with Crippen molar-refractivity contribution in [3.8, 4) is 0 Å². The molecule has 63 valence electrons. The fourth-order valence-electron chi connectivity index (χ4n) is 0.826. The van der Waals surface area contributed by atoms with Gasteiger partial charge in [-0.15, -0.1) is 0 Å². The molecule has 0 aromatic heterocycles. The molecule has 12 heavy (non-hydrogen) atoms. The van der Waals surface area contributed by atoms with Crippen LogP contribution in [0.15, 0.2) is 30.3 Å². The quantitative estimate of drug-likeness (QED) is 0.669. The minimum Gasteiger partial charge on any atom is -0.375 e. The molecule has 0 aliphatic rings. The zero-order chi connectivity index (χ0) is 8.81. The molecule has 0 atom stereocenters. The molecule has 0 amide bonds. The highest BCUT2D eigenvalue weighted by molar-refractivity contribution is 5.48. The average molecular weight is 165 g/mol. The molecule has 1 rings (SSSR count). The lowest BCUT2D eigenvalue weighted by molar-refractivity contribution is 0.282. The molecule has 0 aliphatic carbocycles. The van der Waals surface area contributed by atoms with Gasteiger partial charge in [0, 0.05) is 0 Å². The topological polar surface area (TPSA) is 9.23 Å². The van der Waals surface area contributed by atoms with Crippen molar-refractivity contribution in [1.29, 1.82) is 0 Å². The van der Waals surface area contributed by atoms with E-state index >= 15 is 0 Å². The van der Waals surface area contributed by atoms with Gasteiger partial charge in [0.05, 0.1) is 13.7 Å². The molecule has 0 bridgehead atoms. The minimum atomic E-state index is -0.222. The fraction of sp³-hybridized carbons (Fsp3) is 0.100. The van der Waals surface area contributed by atoms with Gasteiger partial charge in [-0.2, -0.15) is 0 Å². The van der Waals surface area contributed by atoms with E-state index in [1.807, 2.05) is 12.2 Å². The molecule has 0 aliphatic heterocycles. The second-order valence-corrected chi connectivity index (χ2v) is 2.32. The summed E-state index contributed by atoms with van der Waals surface area (Å²) >= 11 is 0. The normalized spacial score (nSPS) is 10.8. The average Bonchev–Trinajstić information content (AvgIpc) is 2.09. The zero-order valence-electron chi connectivity index (χ0n) is 6.66. The Kier molecular flexibility index (Phi) is 3.48. The van der Waals surface area contributed by atoms with E-state index in [1.54, 1.807) is 12.1 Å². The van der Waals surface area contributed by atoms with Crippen LogP contribution in [0.25, 0.3) is 6.08 Å². The Morgan fingerprint density at radius 1 is 1.33 bits per heavy atom. The second-order valence-electron chi connectivity index (χ2n) is 2.32. The van der Waals surface area contributed by atoms with Gasteiger partial charge >= 0.3 is 0 Å². The molecular weight excluding hydrogens is 155 g/mol. The standard InChI is InChI=1S/C10H10FO/c1-12-8-2-3-9-4-6-10(11)7-5-9/h2-7H,1,8H2/b3-2+. The van der Waals surface area contributed by atoms with Crippen LogP contribution in [-0.2, 0) is 4.74 Å². The predicted octanol–water partition coefficient (Wildman–Crippen LogP) is 2.65. The van der Waals surface area contributed by atoms with Crippen LogP contribution in [0.1, 0.15) is 5.56 Å². The zero-order valence-corrected chi connectivity index (χ0v) is 6.66. The summed E-state index contributed by atoms with van der Waals surface area (Å²) in [6.07, 6.45) is 3.67. The van der Waals surface area contributed by atoms with Gasteiger partial charge in [0.2, 0.25) is 0 Å². The summed E-state index contributed by atoms with van der Waals surface area (Å²) in [6.45, 7) is 0.470. The lowest BCUT2D eigenvalue weighted by Gasteiger charge is -1.92. The lowest BCUT2D eigenvalue weighted by atomic mass is 10.2. The van der Waals surface area contributed by atoms with Crippen molar-refractivity contribution in [1.82, 2.24) is 0 Å². The first kappa shape index (κ1) is 8.94. The van der Waals surface area contributed by atoms with Crippen molar-refractivity contribution in [3.05, 3.63) is 48.8 Å². The van der Waals surface area contributed by atoms with Crippen molar-refractivity contribution >= 4 is 6.08 Å². The Labute approximate surface area is 71.5 Å². The van der Waals surface area contributed by atoms with E-state index in [0.717, 1.165) is 5.56 Å².